The number of halogens is 6. The molecule has 0 unspecified atom stereocenters. The number of ether oxygens (including phenoxy) is 2. The molecule has 0 fully saturated rings. The maximum absolute atomic E-state index is 16.1. The van der Waals surface area contributed by atoms with Gasteiger partial charge in [0.2, 0.25) is 0 Å². The molecule has 0 saturated heterocycles. The van der Waals surface area contributed by atoms with Crippen LogP contribution in [0.15, 0.2) is 156 Å². The summed E-state index contributed by atoms with van der Waals surface area (Å²) in [5.74, 6) is -11.0. The summed E-state index contributed by atoms with van der Waals surface area (Å²) in [6.07, 6.45) is 0.321. The summed E-state index contributed by atoms with van der Waals surface area (Å²) in [4.78, 5) is -0.162. The van der Waals surface area contributed by atoms with Gasteiger partial charge in [-0.1, -0.05) is 119 Å². The molecule has 0 spiro atoms. The zero-order chi connectivity index (χ0) is 66.5. The molecule has 4 heterocycles. The summed E-state index contributed by atoms with van der Waals surface area (Å²) >= 11 is 1.90. The van der Waals surface area contributed by atoms with Crippen molar-refractivity contribution < 1.29 is 72.2 Å². The molecule has 0 aliphatic carbocycles. The normalized spacial score (nSPS) is 12.0. The number of aromatic nitrogens is 2. The van der Waals surface area contributed by atoms with Gasteiger partial charge in [-0.25, -0.2) is 26.3 Å². The number of rotatable bonds is 11. The molecule has 0 atom stereocenters. The Morgan fingerprint density at radius 2 is 0.677 bits per heavy atom. The van der Waals surface area contributed by atoms with Gasteiger partial charge in [-0.3, -0.25) is 0 Å². The third-order valence-electron chi connectivity index (χ3n) is 16.4. The van der Waals surface area contributed by atoms with Crippen molar-refractivity contribution in [3.05, 3.63) is 238 Å². The average molecular weight is 1370 g/mol. The Morgan fingerprint density at radius 1 is 0.398 bits per heavy atom. The van der Waals surface area contributed by atoms with E-state index in [-0.39, 0.29) is 107 Å². The molecule has 0 saturated carbocycles. The smallest absolute Gasteiger partial charge is 0.504 e. The summed E-state index contributed by atoms with van der Waals surface area (Å²) in [6.45, 7) is 32.7. The van der Waals surface area contributed by atoms with Crippen LogP contribution in [-0.4, -0.2) is 32.6 Å². The number of nitrogens with zero attached hydrogens (tertiary/aromatic N) is 2. The van der Waals surface area contributed by atoms with Crippen molar-refractivity contribution in [3.8, 4) is 55.3 Å². The van der Waals surface area contributed by atoms with Crippen LogP contribution in [0.2, 0.25) is 0 Å². The first-order chi connectivity index (χ1) is 43.3. The van der Waals surface area contributed by atoms with Gasteiger partial charge < -0.3 is 28.8 Å². The van der Waals surface area contributed by atoms with Gasteiger partial charge in [-0.15, -0.1) is 46.9 Å². The van der Waals surface area contributed by atoms with E-state index in [2.05, 4.69) is 121 Å². The summed E-state index contributed by atoms with van der Waals surface area (Å²) in [5, 5.41) is 31.1. The van der Waals surface area contributed by atoms with Gasteiger partial charge in [-0.05, 0) is 105 Å². The van der Waals surface area contributed by atoms with E-state index in [0.29, 0.717) is 11.4 Å². The van der Waals surface area contributed by atoms with E-state index in [1.54, 1.807) is 10.8 Å². The molecule has 8 aromatic carbocycles. The van der Waals surface area contributed by atoms with Crippen molar-refractivity contribution in [3.63, 3.8) is 0 Å². The van der Waals surface area contributed by atoms with E-state index in [0.717, 1.165) is 112 Å². The van der Waals surface area contributed by atoms with Crippen LogP contribution in [0.1, 0.15) is 129 Å². The van der Waals surface area contributed by atoms with Crippen LogP contribution < -0.4 is 9.47 Å². The van der Waals surface area contributed by atoms with Crippen LogP contribution in [0.5, 0.6) is 23.0 Å². The molecule has 0 aliphatic rings. The average Bonchev–Trinajstić information content (AvgIpc) is 1.59. The van der Waals surface area contributed by atoms with Gasteiger partial charge in [-0.2, -0.15) is 49.2 Å². The summed E-state index contributed by atoms with van der Waals surface area (Å²) in [6, 6.07) is 45.9. The molecule has 480 valence electrons. The number of hydrogen-bond donors (Lipinski definition) is 2. The van der Waals surface area contributed by atoms with Gasteiger partial charge in [0.15, 0.2) is 46.4 Å². The first kappa shape index (κ1) is 69.5. The third kappa shape index (κ3) is 14.3. The zero-order valence-electron chi connectivity index (χ0n) is 54.4. The number of aromatic hydroxyl groups is 2. The van der Waals surface area contributed by atoms with Crippen LogP contribution in [0, 0.1) is 48.8 Å². The van der Waals surface area contributed by atoms with Gasteiger partial charge >= 0.3 is 26.2 Å². The second-order valence-corrected chi connectivity index (χ2v) is 29.0. The predicted octanol–water partition coefficient (Wildman–Crippen LogP) is 22.7. The molecule has 0 radical (unpaired) electrons. The maximum Gasteiger partial charge on any atom is 2.00 e. The largest absolute Gasteiger partial charge is 2.00 e. The number of fused-ring (bicyclic) bond motifs is 6. The van der Waals surface area contributed by atoms with Crippen molar-refractivity contribution in [2.45, 2.75) is 118 Å². The summed E-state index contributed by atoms with van der Waals surface area (Å²) < 4.78 is 108. The molecule has 6 nitrogen and oxygen atoms in total. The minimum atomic E-state index is -1.74. The van der Waals surface area contributed by atoms with Gasteiger partial charge in [0.25, 0.3) is 0 Å². The molecule has 12 rings (SSSR count). The second-order valence-electron chi connectivity index (χ2n) is 27.3. The SMILES string of the molecule is CC(C)(C)c1ccc2c(c1)c1cc(C(C)(C)C)ccc1n2-c1csc(-c2c(OCCCCOc3cc(F)c(F)c(F)c3-c3scc(-n4c5ccc(C(C)(C)C)cc5c5cc(C(C)(C)C)ccc54)c3O)cc(F)c(F)c2F)c1O.[CH2-]c1ccccc1.[CH2-]c1ccccc1.[Zr+2]. The van der Waals surface area contributed by atoms with Crippen LogP contribution in [-0.2, 0) is 47.9 Å². The Bertz CT molecular complexity index is 4260. The molecule has 2 N–H and O–H groups in total. The predicted molar refractivity (Wildman–Crippen MR) is 368 cm³/mol. The standard InChI is InChI=1S/C64H62F6N2O4S2.2C7H7.Zr/c1-61(2,3)33-15-19-43-37(25-33)38-26-34(62(4,5)6)16-20-44(38)71(43)47-31-77-59(57(47)73)51-49(29-41(65)53(67)55(51)69)75-23-13-14-24-76-50-30-42(66)54(68)56(70)52(50)60-58(74)48(32-78-60)72-45-21-17-35(63(7,8)9)27-39(45)40-28-36(64(10,11)12)18-22-46(40)72;2*1-7-5-3-2-4-6-7;/h15-22,25-32,73-74H,13-14,23-24H2,1-12H3;2*2-6H,1H2;/q;2*-1;+2. The number of benzene rings is 8. The topological polar surface area (TPSA) is 68.8 Å². The molecule has 93 heavy (non-hydrogen) atoms. The van der Waals surface area contributed by atoms with Crippen molar-refractivity contribution >= 4 is 66.3 Å². The first-order valence-electron chi connectivity index (χ1n) is 30.5. The van der Waals surface area contributed by atoms with Gasteiger partial charge in [0, 0.05) is 44.4 Å². The van der Waals surface area contributed by atoms with Crippen LogP contribution in [0.3, 0.4) is 0 Å². The minimum Gasteiger partial charge on any atom is -0.504 e. The molecule has 0 aliphatic heterocycles. The molecule has 0 amide bonds. The third-order valence-corrected chi connectivity index (χ3v) is 18.4. The Labute approximate surface area is 568 Å². The Hall–Kier alpha value is -7.84. The van der Waals surface area contributed by atoms with Gasteiger partial charge in [0.05, 0.1) is 67.5 Å². The van der Waals surface area contributed by atoms with Crippen molar-refractivity contribution in [2.24, 2.45) is 0 Å². The van der Waals surface area contributed by atoms with E-state index in [9.17, 15) is 10.2 Å². The molecule has 0 bridgehead atoms. The zero-order valence-corrected chi connectivity index (χ0v) is 58.5. The molecule has 15 heteroatoms. The van der Waals surface area contributed by atoms with Crippen LogP contribution in [0.25, 0.3) is 75.9 Å². The molecular formula is C78H76F6N2O4S2Zr. The van der Waals surface area contributed by atoms with Crippen LogP contribution >= 0.6 is 22.7 Å². The maximum atomic E-state index is 16.1. The number of hydrogen-bond acceptors (Lipinski definition) is 6. The quantitative estimate of drug-likeness (QED) is 0.0586. The fraction of sp³-hybridized carbons (Fsp3) is 0.256. The Balaban J connectivity index is 0.000000602. The molecule has 12 aromatic rings. The van der Waals surface area contributed by atoms with E-state index < -0.39 is 46.0 Å². The molecular weight excluding hydrogens is 1300 g/mol. The summed E-state index contributed by atoms with van der Waals surface area (Å²) in [5.41, 5.74) is 8.77. The monoisotopic (exact) mass is 1370 g/mol. The van der Waals surface area contributed by atoms with Crippen molar-refractivity contribution in [1.29, 1.82) is 0 Å². The minimum absolute atomic E-state index is 0. The van der Waals surface area contributed by atoms with E-state index in [1.807, 2.05) is 118 Å². The number of thiophene rings is 2. The fourth-order valence-corrected chi connectivity index (χ4v) is 13.1. The Kier molecular flexibility index (Phi) is 20.4. The van der Waals surface area contributed by atoms with Crippen molar-refractivity contribution in [1.82, 2.24) is 9.13 Å². The fourth-order valence-electron chi connectivity index (χ4n) is 11.1. The van der Waals surface area contributed by atoms with Crippen LogP contribution in [0.4, 0.5) is 26.3 Å². The van der Waals surface area contributed by atoms with Gasteiger partial charge in [0.1, 0.15) is 11.5 Å². The van der Waals surface area contributed by atoms with E-state index in [4.69, 9.17) is 9.47 Å². The second kappa shape index (κ2) is 27.2. The van der Waals surface area contributed by atoms with E-state index in [1.165, 1.54) is 0 Å². The number of unbranched alkanes of at least 4 members (excludes halogenated alkanes) is 1. The molecule has 4 aromatic heterocycles. The Morgan fingerprint density at radius 3 is 0.925 bits per heavy atom. The first-order valence-corrected chi connectivity index (χ1v) is 32.3. The van der Waals surface area contributed by atoms with Crippen molar-refractivity contribution in [2.75, 3.05) is 13.2 Å². The van der Waals surface area contributed by atoms with E-state index >= 15 is 26.3 Å². The summed E-state index contributed by atoms with van der Waals surface area (Å²) in [7, 11) is 0.